The van der Waals surface area contributed by atoms with Crippen LogP contribution in [0.4, 0.5) is 0 Å². The maximum absolute atomic E-state index is 12.6. The normalized spacial score (nSPS) is 23.7. The first-order valence-electron chi connectivity index (χ1n) is 8.80. The van der Waals surface area contributed by atoms with Gasteiger partial charge in [0.15, 0.2) is 0 Å². The largest absolute Gasteiger partial charge is 0.508 e. The quantitative estimate of drug-likeness (QED) is 0.767. The number of phenolic OH excluding ortho intramolecular Hbond substituents is 1. The lowest BCUT2D eigenvalue weighted by Crippen LogP contribution is -2.18. The van der Waals surface area contributed by atoms with Crippen LogP contribution >= 0.6 is 0 Å². The number of aliphatic hydroxyl groups excluding tert-OH is 1. The van der Waals surface area contributed by atoms with E-state index in [-0.39, 0.29) is 18.0 Å². The number of fused-ring (bicyclic) bond motifs is 1. The Morgan fingerprint density at radius 2 is 1.88 bits per heavy atom. The molecule has 2 N–H and O–H groups in total. The SMILES string of the molecule is COc1cc(O)cc2c1C(=O)O[C@@H](C)CCC[C@@H](O)CCCCC2. The van der Waals surface area contributed by atoms with Crippen LogP contribution in [0.1, 0.15) is 67.8 Å². The third-order valence-electron chi connectivity index (χ3n) is 4.53. The molecule has 0 bridgehead atoms. The van der Waals surface area contributed by atoms with Crippen molar-refractivity contribution in [1.29, 1.82) is 0 Å². The number of ether oxygens (including phenoxy) is 2. The molecular formula is C19H28O5. The number of cyclic esters (lactones) is 1. The molecule has 1 aliphatic rings. The minimum absolute atomic E-state index is 0.0861. The van der Waals surface area contributed by atoms with Gasteiger partial charge in [-0.3, -0.25) is 0 Å². The number of aromatic hydroxyl groups is 1. The van der Waals surface area contributed by atoms with Gasteiger partial charge in [0.1, 0.15) is 17.1 Å². The summed E-state index contributed by atoms with van der Waals surface area (Å²) in [7, 11) is 1.48. The molecule has 1 aromatic carbocycles. The van der Waals surface area contributed by atoms with Gasteiger partial charge in [-0.1, -0.05) is 12.8 Å². The standard InChI is InChI=1S/C19H28O5/c1-13-7-6-10-15(20)9-5-3-4-8-14-11-16(21)12-17(23-2)18(14)19(22)24-13/h11-13,15,20-21H,3-10H2,1-2H3/t13-,15-/m0/s1. The van der Waals surface area contributed by atoms with Gasteiger partial charge >= 0.3 is 5.97 Å². The van der Waals surface area contributed by atoms with Gasteiger partial charge in [0.05, 0.1) is 19.3 Å². The summed E-state index contributed by atoms with van der Waals surface area (Å²) in [5, 5.41) is 19.8. The molecule has 0 fully saturated rings. The van der Waals surface area contributed by atoms with E-state index in [2.05, 4.69) is 0 Å². The molecule has 2 atom stereocenters. The van der Waals surface area contributed by atoms with Gasteiger partial charge in [0.2, 0.25) is 0 Å². The van der Waals surface area contributed by atoms with E-state index in [9.17, 15) is 15.0 Å². The molecule has 0 radical (unpaired) electrons. The van der Waals surface area contributed by atoms with Crippen LogP contribution in [-0.4, -0.2) is 35.5 Å². The molecule has 24 heavy (non-hydrogen) atoms. The summed E-state index contributed by atoms with van der Waals surface area (Å²) in [6, 6.07) is 3.06. The fraction of sp³-hybridized carbons (Fsp3) is 0.632. The molecule has 0 unspecified atom stereocenters. The van der Waals surface area contributed by atoms with Crippen molar-refractivity contribution >= 4 is 5.97 Å². The Morgan fingerprint density at radius 3 is 2.62 bits per heavy atom. The molecule has 0 aliphatic carbocycles. The zero-order valence-corrected chi connectivity index (χ0v) is 14.6. The summed E-state index contributed by atoms with van der Waals surface area (Å²) in [5.74, 6) is 0.0275. The van der Waals surface area contributed by atoms with Crippen LogP contribution in [0.15, 0.2) is 12.1 Å². The highest BCUT2D eigenvalue weighted by Gasteiger charge is 2.22. The molecule has 5 heteroatoms. The molecule has 1 heterocycles. The number of carbonyl (C=O) groups excluding carboxylic acids is 1. The third-order valence-corrected chi connectivity index (χ3v) is 4.53. The number of methoxy groups -OCH3 is 1. The fourth-order valence-corrected chi connectivity index (χ4v) is 3.20. The minimum atomic E-state index is -0.410. The van der Waals surface area contributed by atoms with Crippen LogP contribution in [0.25, 0.3) is 0 Å². The lowest BCUT2D eigenvalue weighted by atomic mass is 9.97. The Bertz CT molecular complexity index is 555. The lowest BCUT2D eigenvalue weighted by molar-refractivity contribution is 0.0305. The van der Waals surface area contributed by atoms with Gasteiger partial charge in [-0.2, -0.15) is 0 Å². The van der Waals surface area contributed by atoms with Crippen molar-refractivity contribution in [3.8, 4) is 11.5 Å². The Balaban J connectivity index is 2.26. The second kappa shape index (κ2) is 8.92. The number of rotatable bonds is 1. The molecule has 0 amide bonds. The predicted octanol–water partition coefficient (Wildman–Crippen LogP) is 3.59. The van der Waals surface area contributed by atoms with Gasteiger partial charge in [0, 0.05) is 6.07 Å². The maximum atomic E-state index is 12.6. The zero-order valence-electron chi connectivity index (χ0n) is 14.6. The lowest BCUT2D eigenvalue weighted by Gasteiger charge is -2.19. The first-order valence-corrected chi connectivity index (χ1v) is 8.80. The molecule has 0 aromatic heterocycles. The Labute approximate surface area is 143 Å². The average Bonchev–Trinajstić information content (AvgIpc) is 2.52. The monoisotopic (exact) mass is 336 g/mol. The van der Waals surface area contributed by atoms with Crippen molar-refractivity contribution in [2.45, 2.75) is 70.5 Å². The van der Waals surface area contributed by atoms with E-state index < -0.39 is 5.97 Å². The van der Waals surface area contributed by atoms with E-state index in [0.717, 1.165) is 50.5 Å². The predicted molar refractivity (Wildman–Crippen MR) is 91.6 cm³/mol. The second-order valence-corrected chi connectivity index (χ2v) is 6.58. The van der Waals surface area contributed by atoms with Crippen LogP contribution < -0.4 is 4.74 Å². The summed E-state index contributed by atoms with van der Waals surface area (Å²) in [4.78, 5) is 12.6. The Hall–Kier alpha value is -1.75. The van der Waals surface area contributed by atoms with Crippen LogP contribution in [-0.2, 0) is 11.2 Å². The van der Waals surface area contributed by atoms with Crippen LogP contribution in [0, 0.1) is 0 Å². The number of hydrogen-bond acceptors (Lipinski definition) is 5. The van der Waals surface area contributed by atoms with Crippen molar-refractivity contribution < 1.29 is 24.5 Å². The number of aliphatic hydroxyl groups is 1. The van der Waals surface area contributed by atoms with Crippen molar-refractivity contribution in [2.24, 2.45) is 0 Å². The average molecular weight is 336 g/mol. The number of hydrogen-bond donors (Lipinski definition) is 2. The van der Waals surface area contributed by atoms with Gasteiger partial charge in [0.25, 0.3) is 0 Å². The Kier molecular flexibility index (Phi) is 6.91. The first kappa shape index (κ1) is 18.6. The number of esters is 1. The van der Waals surface area contributed by atoms with Crippen LogP contribution in [0.5, 0.6) is 11.5 Å². The van der Waals surface area contributed by atoms with Crippen molar-refractivity contribution in [3.05, 3.63) is 23.3 Å². The van der Waals surface area contributed by atoms with Crippen molar-refractivity contribution in [2.75, 3.05) is 7.11 Å². The molecule has 1 aliphatic heterocycles. The van der Waals surface area contributed by atoms with E-state index in [1.807, 2.05) is 6.92 Å². The molecule has 0 saturated carbocycles. The molecule has 0 spiro atoms. The number of aryl methyl sites for hydroxylation is 1. The van der Waals surface area contributed by atoms with Gasteiger partial charge in [-0.25, -0.2) is 4.79 Å². The van der Waals surface area contributed by atoms with Crippen LogP contribution in [0.2, 0.25) is 0 Å². The summed E-state index contributed by atoms with van der Waals surface area (Å²) in [6.07, 6.45) is 6.10. The molecule has 5 nitrogen and oxygen atoms in total. The van der Waals surface area contributed by atoms with E-state index >= 15 is 0 Å². The number of benzene rings is 1. The summed E-state index contributed by atoms with van der Waals surface area (Å²) < 4.78 is 10.8. The summed E-state index contributed by atoms with van der Waals surface area (Å²) in [5.41, 5.74) is 1.17. The first-order chi connectivity index (χ1) is 11.5. The van der Waals surface area contributed by atoms with E-state index in [1.165, 1.54) is 13.2 Å². The number of phenols is 1. The van der Waals surface area contributed by atoms with Gasteiger partial charge < -0.3 is 19.7 Å². The number of carbonyl (C=O) groups is 1. The molecule has 134 valence electrons. The molecular weight excluding hydrogens is 308 g/mol. The highest BCUT2D eigenvalue weighted by Crippen LogP contribution is 2.31. The van der Waals surface area contributed by atoms with Gasteiger partial charge in [-0.15, -0.1) is 0 Å². The van der Waals surface area contributed by atoms with Crippen LogP contribution in [0.3, 0.4) is 0 Å². The summed E-state index contributed by atoms with van der Waals surface area (Å²) in [6.45, 7) is 1.86. The second-order valence-electron chi connectivity index (χ2n) is 6.58. The van der Waals surface area contributed by atoms with Gasteiger partial charge in [-0.05, 0) is 57.1 Å². The smallest absolute Gasteiger partial charge is 0.342 e. The fourth-order valence-electron chi connectivity index (χ4n) is 3.20. The zero-order chi connectivity index (χ0) is 17.5. The van der Waals surface area contributed by atoms with E-state index in [1.54, 1.807) is 6.07 Å². The Morgan fingerprint density at radius 1 is 1.12 bits per heavy atom. The van der Waals surface area contributed by atoms with E-state index in [0.29, 0.717) is 17.7 Å². The van der Waals surface area contributed by atoms with E-state index in [4.69, 9.17) is 9.47 Å². The topological polar surface area (TPSA) is 76.0 Å². The van der Waals surface area contributed by atoms with Crippen molar-refractivity contribution in [3.63, 3.8) is 0 Å². The van der Waals surface area contributed by atoms with Crippen molar-refractivity contribution in [1.82, 2.24) is 0 Å². The molecule has 1 aromatic rings. The minimum Gasteiger partial charge on any atom is -0.508 e. The maximum Gasteiger partial charge on any atom is 0.342 e. The summed E-state index contributed by atoms with van der Waals surface area (Å²) >= 11 is 0. The third kappa shape index (κ3) is 5.13. The molecule has 2 rings (SSSR count). The highest BCUT2D eigenvalue weighted by molar-refractivity contribution is 5.94. The highest BCUT2D eigenvalue weighted by atomic mass is 16.5. The molecule has 0 saturated heterocycles.